The van der Waals surface area contributed by atoms with Crippen LogP contribution in [0.25, 0.3) is 0 Å². The lowest BCUT2D eigenvalue weighted by Crippen LogP contribution is -2.28. The molecule has 1 N–H and O–H groups in total. The molecule has 0 saturated carbocycles. The molecule has 5 nitrogen and oxygen atoms in total. The van der Waals surface area contributed by atoms with Crippen LogP contribution in [-0.4, -0.2) is 23.3 Å². The van der Waals surface area contributed by atoms with E-state index in [1.165, 1.54) is 11.3 Å². The number of thiazole rings is 1. The number of halogens is 1. The van der Waals surface area contributed by atoms with Gasteiger partial charge in [-0.1, -0.05) is 15.9 Å². The largest absolute Gasteiger partial charge is 0.312 e. The summed E-state index contributed by atoms with van der Waals surface area (Å²) in [5.41, 5.74) is 0.813. The topological polar surface area (TPSA) is 62.3 Å². The van der Waals surface area contributed by atoms with Gasteiger partial charge in [-0.2, -0.15) is 0 Å². The summed E-state index contributed by atoms with van der Waals surface area (Å²) < 4.78 is 0.955. The van der Waals surface area contributed by atoms with E-state index in [9.17, 15) is 9.59 Å². The predicted octanol–water partition coefficient (Wildman–Crippen LogP) is 2.90. The Morgan fingerprint density at radius 2 is 2.14 bits per heavy atom. The highest BCUT2D eigenvalue weighted by molar-refractivity contribution is 9.10. The summed E-state index contributed by atoms with van der Waals surface area (Å²) in [5, 5.41) is 5.11. The fourth-order valence-electron chi connectivity index (χ4n) is 2.25. The Balaban J connectivity index is 1.69. The third-order valence-corrected chi connectivity index (χ3v) is 4.51. The molecule has 0 bridgehead atoms. The standard InChI is InChI=1S/C14H12BrN3O2S/c15-10-1-3-11(4-2-10)18-8-9(7-12(18)19)13(20)17-14-16-5-6-21-14/h1-6,9H,7-8H2,(H,16,17,20)/t9-/m1/s1. The lowest BCUT2D eigenvalue weighted by atomic mass is 10.1. The van der Waals surface area contributed by atoms with Crippen molar-refractivity contribution in [3.63, 3.8) is 0 Å². The Labute approximate surface area is 134 Å². The van der Waals surface area contributed by atoms with Crippen molar-refractivity contribution in [1.82, 2.24) is 4.98 Å². The van der Waals surface area contributed by atoms with Crippen molar-refractivity contribution < 1.29 is 9.59 Å². The molecule has 1 fully saturated rings. The molecule has 0 unspecified atom stereocenters. The number of nitrogens with zero attached hydrogens (tertiary/aromatic N) is 2. The average molecular weight is 366 g/mol. The highest BCUT2D eigenvalue weighted by Gasteiger charge is 2.35. The molecule has 0 spiro atoms. The van der Waals surface area contributed by atoms with Gasteiger partial charge in [-0.05, 0) is 24.3 Å². The van der Waals surface area contributed by atoms with Crippen LogP contribution in [-0.2, 0) is 9.59 Å². The van der Waals surface area contributed by atoms with E-state index in [-0.39, 0.29) is 24.2 Å². The normalized spacial score (nSPS) is 18.0. The molecule has 108 valence electrons. The van der Waals surface area contributed by atoms with Crippen molar-refractivity contribution in [3.8, 4) is 0 Å². The summed E-state index contributed by atoms with van der Waals surface area (Å²) in [6.07, 6.45) is 1.86. The van der Waals surface area contributed by atoms with E-state index in [1.807, 2.05) is 24.3 Å². The van der Waals surface area contributed by atoms with E-state index in [0.717, 1.165) is 10.2 Å². The van der Waals surface area contributed by atoms with E-state index in [2.05, 4.69) is 26.2 Å². The second-order valence-corrected chi connectivity index (χ2v) is 6.52. The van der Waals surface area contributed by atoms with E-state index < -0.39 is 0 Å². The minimum absolute atomic E-state index is 0.0309. The van der Waals surface area contributed by atoms with Gasteiger partial charge in [-0.3, -0.25) is 9.59 Å². The fraction of sp³-hybridized carbons (Fsp3) is 0.214. The van der Waals surface area contributed by atoms with Gasteiger partial charge < -0.3 is 10.2 Å². The minimum atomic E-state index is -0.343. The van der Waals surface area contributed by atoms with Gasteiger partial charge in [0.25, 0.3) is 0 Å². The molecular formula is C14H12BrN3O2S. The molecule has 1 aromatic carbocycles. The number of hydrogen-bond donors (Lipinski definition) is 1. The van der Waals surface area contributed by atoms with Gasteiger partial charge in [0.15, 0.2) is 5.13 Å². The first kappa shape index (κ1) is 14.2. The number of aromatic nitrogens is 1. The molecule has 0 aliphatic carbocycles. The minimum Gasteiger partial charge on any atom is -0.312 e. The summed E-state index contributed by atoms with van der Waals surface area (Å²) >= 11 is 4.73. The zero-order chi connectivity index (χ0) is 14.8. The first-order chi connectivity index (χ1) is 10.1. The Morgan fingerprint density at radius 3 is 2.81 bits per heavy atom. The zero-order valence-corrected chi connectivity index (χ0v) is 13.4. The van der Waals surface area contributed by atoms with Crippen LogP contribution in [0.15, 0.2) is 40.3 Å². The van der Waals surface area contributed by atoms with Crippen molar-refractivity contribution in [1.29, 1.82) is 0 Å². The van der Waals surface area contributed by atoms with E-state index in [1.54, 1.807) is 16.5 Å². The molecule has 2 amide bonds. The Hall–Kier alpha value is -1.73. The lowest BCUT2D eigenvalue weighted by molar-refractivity contribution is -0.122. The van der Waals surface area contributed by atoms with Crippen LogP contribution in [0.3, 0.4) is 0 Å². The van der Waals surface area contributed by atoms with Gasteiger partial charge in [0.2, 0.25) is 11.8 Å². The van der Waals surface area contributed by atoms with Gasteiger partial charge in [0.05, 0.1) is 5.92 Å². The van der Waals surface area contributed by atoms with Gasteiger partial charge in [-0.15, -0.1) is 11.3 Å². The average Bonchev–Trinajstić information content (AvgIpc) is 3.09. The summed E-state index contributed by atoms with van der Waals surface area (Å²) in [7, 11) is 0. The van der Waals surface area contributed by atoms with Gasteiger partial charge in [-0.25, -0.2) is 4.98 Å². The van der Waals surface area contributed by atoms with Crippen molar-refractivity contribution in [2.24, 2.45) is 5.92 Å². The van der Waals surface area contributed by atoms with Crippen molar-refractivity contribution in [3.05, 3.63) is 40.3 Å². The number of amides is 2. The van der Waals surface area contributed by atoms with Gasteiger partial charge in [0.1, 0.15) is 0 Å². The summed E-state index contributed by atoms with van der Waals surface area (Å²) in [5.74, 6) is -0.528. The molecule has 1 aliphatic heterocycles. The maximum atomic E-state index is 12.2. The highest BCUT2D eigenvalue weighted by Crippen LogP contribution is 2.27. The molecular weight excluding hydrogens is 354 g/mol. The summed E-state index contributed by atoms with van der Waals surface area (Å²) in [4.78, 5) is 29.9. The van der Waals surface area contributed by atoms with E-state index in [4.69, 9.17) is 0 Å². The molecule has 1 aliphatic rings. The molecule has 1 saturated heterocycles. The van der Waals surface area contributed by atoms with Crippen LogP contribution in [0, 0.1) is 5.92 Å². The van der Waals surface area contributed by atoms with Gasteiger partial charge in [0, 0.05) is 34.7 Å². The molecule has 21 heavy (non-hydrogen) atoms. The second-order valence-electron chi connectivity index (χ2n) is 4.71. The lowest BCUT2D eigenvalue weighted by Gasteiger charge is -2.16. The number of anilines is 2. The third kappa shape index (κ3) is 3.14. The zero-order valence-electron chi connectivity index (χ0n) is 11.0. The van der Waals surface area contributed by atoms with Crippen LogP contribution in [0.4, 0.5) is 10.8 Å². The third-order valence-electron chi connectivity index (χ3n) is 3.30. The second kappa shape index (κ2) is 5.95. The van der Waals surface area contributed by atoms with Crippen molar-refractivity contribution in [2.75, 3.05) is 16.8 Å². The Bertz CT molecular complexity index is 657. The first-order valence-electron chi connectivity index (χ1n) is 6.40. The quantitative estimate of drug-likeness (QED) is 0.909. The molecule has 2 aromatic rings. The SMILES string of the molecule is O=C(Nc1nccs1)[C@@H]1CC(=O)N(c2ccc(Br)cc2)C1. The van der Waals surface area contributed by atoms with Crippen molar-refractivity contribution >= 4 is 49.9 Å². The molecule has 0 radical (unpaired) electrons. The maximum Gasteiger partial charge on any atom is 0.231 e. The summed E-state index contributed by atoms with van der Waals surface area (Å²) in [6.45, 7) is 0.400. The number of hydrogen-bond acceptors (Lipinski definition) is 4. The van der Waals surface area contributed by atoms with E-state index in [0.29, 0.717) is 11.7 Å². The summed E-state index contributed by atoms with van der Waals surface area (Å²) in [6, 6.07) is 7.49. The molecule has 7 heteroatoms. The number of rotatable bonds is 3. The van der Waals surface area contributed by atoms with E-state index >= 15 is 0 Å². The maximum absolute atomic E-state index is 12.2. The molecule has 3 rings (SSSR count). The van der Waals surface area contributed by atoms with Crippen LogP contribution in [0.2, 0.25) is 0 Å². The number of nitrogens with one attached hydrogen (secondary N) is 1. The number of carbonyl (C=O) groups is 2. The van der Waals surface area contributed by atoms with Crippen molar-refractivity contribution in [2.45, 2.75) is 6.42 Å². The molecule has 2 heterocycles. The Morgan fingerprint density at radius 1 is 1.38 bits per heavy atom. The molecule has 1 aromatic heterocycles. The Kier molecular flexibility index (Phi) is 4.03. The predicted molar refractivity (Wildman–Crippen MR) is 85.3 cm³/mol. The fourth-order valence-corrected chi connectivity index (χ4v) is 3.04. The monoisotopic (exact) mass is 365 g/mol. The first-order valence-corrected chi connectivity index (χ1v) is 8.07. The van der Waals surface area contributed by atoms with Gasteiger partial charge >= 0.3 is 0 Å². The number of benzene rings is 1. The molecule has 1 atom stereocenters. The number of carbonyl (C=O) groups excluding carboxylic acids is 2. The van der Waals surface area contributed by atoms with Crippen LogP contribution in [0.5, 0.6) is 0 Å². The van der Waals surface area contributed by atoms with Crippen LogP contribution >= 0.6 is 27.3 Å². The smallest absolute Gasteiger partial charge is 0.231 e. The highest BCUT2D eigenvalue weighted by atomic mass is 79.9. The van der Waals surface area contributed by atoms with Crippen LogP contribution in [0.1, 0.15) is 6.42 Å². The van der Waals surface area contributed by atoms with Crippen LogP contribution < -0.4 is 10.2 Å².